The van der Waals surface area contributed by atoms with Gasteiger partial charge >= 0.3 is 5.97 Å². The number of nitrogens with zero attached hydrogens (tertiary/aromatic N) is 1. The molecule has 0 atom stereocenters. The standard InChI is InChI=1S/C20H21N3O5/c1-14-6-3-4-9-17(14)22-18(24)11-19(25)23-21-12-15-7-5-8-16(10-15)28-13-20(26)27-2/h3-10,12H,11,13H2,1-2H3,(H,22,24)(H,23,25). The summed E-state index contributed by atoms with van der Waals surface area (Å²) in [5.74, 6) is -1.01. The highest BCUT2D eigenvalue weighted by Gasteiger charge is 2.10. The highest BCUT2D eigenvalue weighted by molar-refractivity contribution is 6.04. The third-order valence-corrected chi connectivity index (χ3v) is 3.59. The summed E-state index contributed by atoms with van der Waals surface area (Å²) in [5, 5.41) is 6.50. The van der Waals surface area contributed by atoms with Crippen molar-refractivity contribution in [1.29, 1.82) is 0 Å². The van der Waals surface area contributed by atoms with Gasteiger partial charge in [0.05, 0.1) is 13.3 Å². The van der Waals surface area contributed by atoms with Crippen LogP contribution in [0.2, 0.25) is 0 Å². The van der Waals surface area contributed by atoms with E-state index in [-0.39, 0.29) is 13.0 Å². The number of carbonyl (C=O) groups is 3. The van der Waals surface area contributed by atoms with Crippen molar-refractivity contribution in [3.05, 3.63) is 59.7 Å². The van der Waals surface area contributed by atoms with Gasteiger partial charge in [0.25, 0.3) is 0 Å². The summed E-state index contributed by atoms with van der Waals surface area (Å²) >= 11 is 0. The third-order valence-electron chi connectivity index (χ3n) is 3.59. The molecule has 0 saturated carbocycles. The summed E-state index contributed by atoms with van der Waals surface area (Å²) in [6.45, 7) is 1.66. The summed E-state index contributed by atoms with van der Waals surface area (Å²) in [7, 11) is 1.28. The van der Waals surface area contributed by atoms with Gasteiger partial charge in [-0.15, -0.1) is 0 Å². The molecule has 0 fully saturated rings. The number of rotatable bonds is 8. The lowest BCUT2D eigenvalue weighted by molar-refractivity contribution is -0.143. The molecule has 0 aliphatic rings. The zero-order valence-electron chi connectivity index (χ0n) is 15.6. The molecule has 8 heteroatoms. The van der Waals surface area contributed by atoms with E-state index < -0.39 is 17.8 Å². The van der Waals surface area contributed by atoms with E-state index in [2.05, 4.69) is 20.6 Å². The Labute approximate surface area is 162 Å². The zero-order chi connectivity index (χ0) is 20.4. The van der Waals surface area contributed by atoms with Crippen LogP contribution < -0.4 is 15.5 Å². The molecule has 2 N–H and O–H groups in total. The number of methoxy groups -OCH3 is 1. The fourth-order valence-corrected chi connectivity index (χ4v) is 2.16. The Morgan fingerprint density at radius 3 is 2.61 bits per heavy atom. The number of amides is 2. The first-order chi connectivity index (χ1) is 13.5. The summed E-state index contributed by atoms with van der Waals surface area (Å²) in [4.78, 5) is 34.8. The Hall–Kier alpha value is -3.68. The van der Waals surface area contributed by atoms with E-state index in [4.69, 9.17) is 4.74 Å². The molecule has 0 radical (unpaired) electrons. The fourth-order valence-electron chi connectivity index (χ4n) is 2.16. The molecule has 8 nitrogen and oxygen atoms in total. The molecule has 28 heavy (non-hydrogen) atoms. The van der Waals surface area contributed by atoms with Gasteiger partial charge in [0.2, 0.25) is 11.8 Å². The van der Waals surface area contributed by atoms with E-state index in [1.54, 1.807) is 36.4 Å². The molecular formula is C20H21N3O5. The SMILES string of the molecule is COC(=O)COc1cccc(C=NNC(=O)CC(=O)Nc2ccccc2C)c1. The minimum atomic E-state index is -0.541. The van der Waals surface area contributed by atoms with Crippen molar-refractivity contribution in [1.82, 2.24) is 5.43 Å². The summed E-state index contributed by atoms with van der Waals surface area (Å²) < 4.78 is 9.77. The second kappa shape index (κ2) is 10.5. The van der Waals surface area contributed by atoms with Crippen molar-refractivity contribution >= 4 is 29.7 Å². The number of hydrogen-bond acceptors (Lipinski definition) is 6. The predicted molar refractivity (Wildman–Crippen MR) is 104 cm³/mol. The molecule has 2 rings (SSSR count). The first-order valence-electron chi connectivity index (χ1n) is 8.45. The van der Waals surface area contributed by atoms with Gasteiger partial charge in [0.1, 0.15) is 12.2 Å². The lowest BCUT2D eigenvalue weighted by Gasteiger charge is -2.07. The maximum absolute atomic E-state index is 11.9. The van der Waals surface area contributed by atoms with Crippen molar-refractivity contribution in [2.24, 2.45) is 5.10 Å². The van der Waals surface area contributed by atoms with Gasteiger partial charge in [0, 0.05) is 5.69 Å². The van der Waals surface area contributed by atoms with E-state index >= 15 is 0 Å². The van der Waals surface area contributed by atoms with Gasteiger partial charge in [-0.05, 0) is 36.2 Å². The average molecular weight is 383 g/mol. The van der Waals surface area contributed by atoms with Gasteiger partial charge in [-0.1, -0.05) is 30.3 Å². The van der Waals surface area contributed by atoms with Gasteiger partial charge < -0.3 is 14.8 Å². The minimum Gasteiger partial charge on any atom is -0.482 e. The quantitative estimate of drug-likeness (QED) is 0.314. The van der Waals surface area contributed by atoms with Crippen LogP contribution in [-0.2, 0) is 19.1 Å². The number of nitrogens with one attached hydrogen (secondary N) is 2. The number of esters is 1. The maximum atomic E-state index is 11.9. The lowest BCUT2D eigenvalue weighted by atomic mass is 10.2. The van der Waals surface area contributed by atoms with Crippen LogP contribution in [0.4, 0.5) is 5.69 Å². The Morgan fingerprint density at radius 1 is 1.07 bits per heavy atom. The van der Waals surface area contributed by atoms with Crippen LogP contribution in [0.1, 0.15) is 17.5 Å². The molecule has 0 unspecified atom stereocenters. The minimum absolute atomic E-state index is 0.205. The van der Waals surface area contributed by atoms with Crippen molar-refractivity contribution in [2.45, 2.75) is 13.3 Å². The lowest BCUT2D eigenvalue weighted by Crippen LogP contribution is -2.24. The average Bonchev–Trinajstić information content (AvgIpc) is 2.68. The first kappa shape index (κ1) is 20.6. The Balaban J connectivity index is 1.82. The number of para-hydroxylation sites is 1. The van der Waals surface area contributed by atoms with Gasteiger partial charge in [-0.3, -0.25) is 9.59 Å². The second-order valence-corrected chi connectivity index (χ2v) is 5.77. The van der Waals surface area contributed by atoms with E-state index in [0.717, 1.165) is 5.56 Å². The zero-order valence-corrected chi connectivity index (χ0v) is 15.6. The monoisotopic (exact) mass is 383 g/mol. The van der Waals surface area contributed by atoms with Crippen LogP contribution in [-0.4, -0.2) is 37.7 Å². The number of anilines is 1. The second-order valence-electron chi connectivity index (χ2n) is 5.77. The molecule has 2 aromatic rings. The topological polar surface area (TPSA) is 106 Å². The largest absolute Gasteiger partial charge is 0.482 e. The van der Waals surface area contributed by atoms with E-state index in [9.17, 15) is 14.4 Å². The summed E-state index contributed by atoms with van der Waals surface area (Å²) in [5.41, 5.74) is 4.51. The van der Waals surface area contributed by atoms with Crippen molar-refractivity contribution in [2.75, 3.05) is 19.0 Å². The molecule has 0 saturated heterocycles. The molecule has 0 aliphatic heterocycles. The van der Waals surface area contributed by atoms with Crippen LogP contribution >= 0.6 is 0 Å². The van der Waals surface area contributed by atoms with Gasteiger partial charge in [-0.2, -0.15) is 5.10 Å². The first-order valence-corrected chi connectivity index (χ1v) is 8.45. The molecule has 0 bridgehead atoms. The molecule has 0 aromatic heterocycles. The highest BCUT2D eigenvalue weighted by Crippen LogP contribution is 2.13. The number of aryl methyl sites for hydroxylation is 1. The Morgan fingerprint density at radius 2 is 1.86 bits per heavy atom. The van der Waals surface area contributed by atoms with Crippen molar-refractivity contribution < 1.29 is 23.9 Å². The Kier molecular flexibility index (Phi) is 7.71. The predicted octanol–water partition coefficient (Wildman–Crippen LogP) is 2.03. The molecule has 0 spiro atoms. The molecule has 2 aromatic carbocycles. The van der Waals surface area contributed by atoms with E-state index in [0.29, 0.717) is 17.0 Å². The number of carbonyl (C=O) groups excluding carboxylic acids is 3. The molecule has 2 amide bonds. The Bertz CT molecular complexity index is 880. The van der Waals surface area contributed by atoms with Crippen molar-refractivity contribution in [3.63, 3.8) is 0 Å². The van der Waals surface area contributed by atoms with Gasteiger partial charge in [0.15, 0.2) is 6.61 Å². The smallest absolute Gasteiger partial charge is 0.343 e. The third kappa shape index (κ3) is 6.91. The number of ether oxygens (including phenoxy) is 2. The summed E-state index contributed by atoms with van der Waals surface area (Å²) in [6.07, 6.45) is 1.05. The maximum Gasteiger partial charge on any atom is 0.343 e. The normalized spacial score (nSPS) is 10.4. The number of hydrogen-bond donors (Lipinski definition) is 2. The molecular weight excluding hydrogens is 362 g/mol. The molecule has 146 valence electrons. The summed E-state index contributed by atoms with van der Waals surface area (Å²) in [6, 6.07) is 14.1. The van der Waals surface area contributed by atoms with Crippen molar-refractivity contribution in [3.8, 4) is 5.75 Å². The number of hydrazone groups is 1. The van der Waals surface area contributed by atoms with E-state index in [1.807, 2.05) is 19.1 Å². The van der Waals surface area contributed by atoms with Crippen LogP contribution in [0.15, 0.2) is 53.6 Å². The van der Waals surface area contributed by atoms with Crippen LogP contribution in [0.3, 0.4) is 0 Å². The van der Waals surface area contributed by atoms with Crippen LogP contribution in [0.5, 0.6) is 5.75 Å². The highest BCUT2D eigenvalue weighted by atomic mass is 16.6. The number of benzene rings is 2. The van der Waals surface area contributed by atoms with E-state index in [1.165, 1.54) is 13.3 Å². The van der Waals surface area contributed by atoms with Crippen LogP contribution in [0.25, 0.3) is 0 Å². The van der Waals surface area contributed by atoms with Crippen LogP contribution in [0, 0.1) is 6.92 Å². The fraction of sp³-hybridized carbons (Fsp3) is 0.200. The molecule has 0 heterocycles. The molecule has 0 aliphatic carbocycles. The van der Waals surface area contributed by atoms with Gasteiger partial charge in [-0.25, -0.2) is 10.2 Å².